The van der Waals surface area contributed by atoms with E-state index in [1.807, 2.05) is 0 Å². The fourth-order valence-corrected chi connectivity index (χ4v) is 2.05. The van der Waals surface area contributed by atoms with Crippen molar-refractivity contribution in [1.82, 2.24) is 4.90 Å². The van der Waals surface area contributed by atoms with Crippen LogP contribution < -0.4 is 10.1 Å². The van der Waals surface area contributed by atoms with E-state index in [1.165, 1.54) is 25.3 Å². The third kappa shape index (κ3) is 5.66. The number of nitrogens with one attached hydrogen (secondary N) is 1. The molecule has 0 bridgehead atoms. The lowest BCUT2D eigenvalue weighted by Gasteiger charge is -2.24. The van der Waals surface area contributed by atoms with Crippen molar-refractivity contribution in [3.8, 4) is 5.75 Å². The van der Waals surface area contributed by atoms with Crippen LogP contribution in [0.3, 0.4) is 0 Å². The largest absolute Gasteiger partial charge is 0.494 e. The minimum Gasteiger partial charge on any atom is -0.494 e. The summed E-state index contributed by atoms with van der Waals surface area (Å²) in [5, 5.41) is 23.0. The van der Waals surface area contributed by atoms with Crippen molar-refractivity contribution in [3.63, 3.8) is 0 Å². The highest BCUT2D eigenvalue weighted by atomic mass is 16.6. The first kappa shape index (κ1) is 17.9. The van der Waals surface area contributed by atoms with Gasteiger partial charge in [-0.15, -0.1) is 0 Å². The summed E-state index contributed by atoms with van der Waals surface area (Å²) in [4.78, 5) is 23.8. The highest BCUT2D eigenvalue weighted by molar-refractivity contribution is 5.93. The van der Waals surface area contributed by atoms with E-state index in [0.717, 1.165) is 0 Å². The molecule has 0 fully saturated rings. The molecule has 0 radical (unpaired) electrons. The molecule has 0 unspecified atom stereocenters. The Morgan fingerprint density at radius 3 is 2.64 bits per heavy atom. The standard InChI is InChI=1S/C14H21N3O5/c1-14(2,19)9-16(3)8-13(18)15-11-6-5-10(17(20)21)7-12(11)22-4/h5-7,19H,8-9H2,1-4H3,(H,15,18). The molecule has 0 heterocycles. The first-order valence-corrected chi connectivity index (χ1v) is 6.65. The normalized spacial score (nSPS) is 11.4. The third-order valence-corrected chi connectivity index (χ3v) is 2.74. The number of hydrogen-bond acceptors (Lipinski definition) is 6. The predicted octanol–water partition coefficient (Wildman–Crippen LogP) is 1.24. The summed E-state index contributed by atoms with van der Waals surface area (Å²) in [5.74, 6) is -0.0911. The lowest BCUT2D eigenvalue weighted by Crippen LogP contribution is -2.40. The number of nitro groups is 1. The molecule has 8 heteroatoms. The van der Waals surface area contributed by atoms with Gasteiger partial charge in [-0.2, -0.15) is 0 Å². The monoisotopic (exact) mass is 311 g/mol. The van der Waals surface area contributed by atoms with Gasteiger partial charge in [0.15, 0.2) is 0 Å². The second-order valence-corrected chi connectivity index (χ2v) is 5.67. The average Bonchev–Trinajstić information content (AvgIpc) is 2.36. The SMILES string of the molecule is COc1cc([N+](=O)[O-])ccc1NC(=O)CN(C)CC(C)(C)O. The lowest BCUT2D eigenvalue weighted by atomic mass is 10.1. The second kappa shape index (κ2) is 7.19. The molecule has 0 aliphatic carbocycles. The number of methoxy groups -OCH3 is 1. The van der Waals surface area contributed by atoms with E-state index < -0.39 is 10.5 Å². The van der Waals surface area contributed by atoms with Gasteiger partial charge in [0.1, 0.15) is 5.75 Å². The Bertz CT molecular complexity index is 554. The molecule has 0 aliphatic rings. The number of ether oxygens (including phenoxy) is 1. The van der Waals surface area contributed by atoms with E-state index in [0.29, 0.717) is 12.2 Å². The van der Waals surface area contributed by atoms with Gasteiger partial charge in [0.25, 0.3) is 5.69 Å². The molecule has 1 aromatic carbocycles. The van der Waals surface area contributed by atoms with Gasteiger partial charge in [0, 0.05) is 12.6 Å². The summed E-state index contributed by atoms with van der Waals surface area (Å²) < 4.78 is 5.05. The molecule has 1 rings (SSSR count). The van der Waals surface area contributed by atoms with Crippen LogP contribution in [0.15, 0.2) is 18.2 Å². The van der Waals surface area contributed by atoms with E-state index in [1.54, 1.807) is 25.8 Å². The van der Waals surface area contributed by atoms with Gasteiger partial charge in [0.05, 0.1) is 35.9 Å². The maximum Gasteiger partial charge on any atom is 0.273 e. The van der Waals surface area contributed by atoms with Crippen LogP contribution in [0.25, 0.3) is 0 Å². The Labute approximate surface area is 128 Å². The Morgan fingerprint density at radius 2 is 2.14 bits per heavy atom. The summed E-state index contributed by atoms with van der Waals surface area (Å²) in [6, 6.07) is 3.96. The van der Waals surface area contributed by atoms with Crippen LogP contribution in [0.4, 0.5) is 11.4 Å². The molecular weight excluding hydrogens is 290 g/mol. The van der Waals surface area contributed by atoms with Crippen LogP contribution in [0.1, 0.15) is 13.8 Å². The van der Waals surface area contributed by atoms with Crippen molar-refractivity contribution in [2.24, 2.45) is 0 Å². The number of anilines is 1. The Morgan fingerprint density at radius 1 is 1.50 bits per heavy atom. The maximum atomic E-state index is 12.0. The summed E-state index contributed by atoms with van der Waals surface area (Å²) in [5.41, 5.74) is -0.663. The number of non-ortho nitro benzene ring substituents is 1. The number of likely N-dealkylation sites (N-methyl/N-ethyl adjacent to an activating group) is 1. The molecule has 0 spiro atoms. The topological polar surface area (TPSA) is 105 Å². The van der Waals surface area contributed by atoms with Crippen molar-refractivity contribution >= 4 is 17.3 Å². The van der Waals surface area contributed by atoms with Crippen molar-refractivity contribution in [3.05, 3.63) is 28.3 Å². The maximum absolute atomic E-state index is 12.0. The van der Waals surface area contributed by atoms with E-state index in [-0.39, 0.29) is 23.9 Å². The molecule has 22 heavy (non-hydrogen) atoms. The number of rotatable bonds is 7. The van der Waals surface area contributed by atoms with E-state index in [4.69, 9.17) is 4.74 Å². The molecule has 8 nitrogen and oxygen atoms in total. The quantitative estimate of drug-likeness (QED) is 0.580. The number of amides is 1. The molecule has 0 aromatic heterocycles. The summed E-state index contributed by atoms with van der Waals surface area (Å²) in [6.45, 7) is 3.71. The van der Waals surface area contributed by atoms with Gasteiger partial charge in [-0.05, 0) is 27.0 Å². The predicted molar refractivity (Wildman–Crippen MR) is 82.1 cm³/mol. The van der Waals surface area contributed by atoms with E-state index >= 15 is 0 Å². The smallest absolute Gasteiger partial charge is 0.273 e. The molecule has 0 saturated carbocycles. The molecule has 1 amide bonds. The first-order chi connectivity index (χ1) is 10.1. The van der Waals surface area contributed by atoms with Crippen LogP contribution in [-0.4, -0.2) is 53.7 Å². The van der Waals surface area contributed by atoms with Crippen molar-refractivity contribution < 1.29 is 19.6 Å². The van der Waals surface area contributed by atoms with Crippen molar-refractivity contribution in [1.29, 1.82) is 0 Å². The molecule has 2 N–H and O–H groups in total. The van der Waals surface area contributed by atoms with Crippen LogP contribution in [0, 0.1) is 10.1 Å². The first-order valence-electron chi connectivity index (χ1n) is 6.65. The minimum absolute atomic E-state index is 0.0735. The minimum atomic E-state index is -0.903. The van der Waals surface area contributed by atoms with Crippen LogP contribution in [0.2, 0.25) is 0 Å². The molecule has 0 saturated heterocycles. The summed E-state index contributed by atoms with van der Waals surface area (Å²) in [6.07, 6.45) is 0. The van der Waals surface area contributed by atoms with Crippen LogP contribution >= 0.6 is 0 Å². The number of carbonyl (C=O) groups excluding carboxylic acids is 1. The highest BCUT2D eigenvalue weighted by Gasteiger charge is 2.18. The van der Waals surface area contributed by atoms with Crippen LogP contribution in [0.5, 0.6) is 5.75 Å². The van der Waals surface area contributed by atoms with Gasteiger partial charge >= 0.3 is 0 Å². The van der Waals surface area contributed by atoms with Crippen LogP contribution in [-0.2, 0) is 4.79 Å². The van der Waals surface area contributed by atoms with Gasteiger partial charge in [0.2, 0.25) is 5.91 Å². The Kier molecular flexibility index (Phi) is 5.84. The van der Waals surface area contributed by atoms with E-state index in [9.17, 15) is 20.0 Å². The molecule has 1 aromatic rings. The van der Waals surface area contributed by atoms with Gasteiger partial charge in [-0.3, -0.25) is 19.8 Å². The number of hydrogen-bond donors (Lipinski definition) is 2. The Hall–Kier alpha value is -2.19. The highest BCUT2D eigenvalue weighted by Crippen LogP contribution is 2.28. The number of carbonyl (C=O) groups is 1. The van der Waals surface area contributed by atoms with Gasteiger partial charge < -0.3 is 15.2 Å². The van der Waals surface area contributed by atoms with Gasteiger partial charge in [-0.25, -0.2) is 0 Å². The van der Waals surface area contributed by atoms with Crippen molar-refractivity contribution in [2.75, 3.05) is 32.6 Å². The molecular formula is C14H21N3O5. The zero-order chi connectivity index (χ0) is 16.9. The van der Waals surface area contributed by atoms with E-state index in [2.05, 4.69) is 5.32 Å². The van der Waals surface area contributed by atoms with Crippen molar-refractivity contribution in [2.45, 2.75) is 19.4 Å². The fraction of sp³-hybridized carbons (Fsp3) is 0.500. The Balaban J connectivity index is 2.74. The second-order valence-electron chi connectivity index (χ2n) is 5.67. The fourth-order valence-electron chi connectivity index (χ4n) is 2.05. The molecule has 122 valence electrons. The molecule has 0 atom stereocenters. The van der Waals surface area contributed by atoms with Gasteiger partial charge in [-0.1, -0.05) is 0 Å². The third-order valence-electron chi connectivity index (χ3n) is 2.74. The molecule has 0 aliphatic heterocycles. The number of nitrogens with zero attached hydrogens (tertiary/aromatic N) is 2. The average molecular weight is 311 g/mol. The zero-order valence-corrected chi connectivity index (χ0v) is 13.1. The lowest BCUT2D eigenvalue weighted by molar-refractivity contribution is -0.384. The number of benzene rings is 1. The number of nitro benzene ring substituents is 1. The zero-order valence-electron chi connectivity index (χ0n) is 13.1. The summed E-state index contributed by atoms with van der Waals surface area (Å²) >= 11 is 0. The summed E-state index contributed by atoms with van der Waals surface area (Å²) in [7, 11) is 3.08. The number of aliphatic hydroxyl groups is 1.